The van der Waals surface area contributed by atoms with Gasteiger partial charge < -0.3 is 19.7 Å². The lowest BCUT2D eigenvalue weighted by atomic mass is 9.88. The topological polar surface area (TPSA) is 91.7 Å². The number of alkyl carbamates (subject to hydrolysis) is 1. The largest absolute Gasteiger partial charge is 0.483 e. The molecule has 2 amide bonds. The summed E-state index contributed by atoms with van der Waals surface area (Å²) in [6.45, 7) is 4.30. The van der Waals surface area contributed by atoms with E-state index in [1.807, 2.05) is 38.1 Å². The predicted molar refractivity (Wildman–Crippen MR) is 110 cm³/mol. The Balaban J connectivity index is 1.90. The van der Waals surface area contributed by atoms with Crippen LogP contribution in [0.15, 0.2) is 48.0 Å². The van der Waals surface area contributed by atoms with E-state index < -0.39 is 11.7 Å². The number of nitriles is 1. The SMILES string of the molecule is COC(=O)NCC1=C(N2Cc3ccccc3C2=O)c2cc(C#N)ccc2OC1(C)C. The van der Waals surface area contributed by atoms with Gasteiger partial charge in [0.2, 0.25) is 0 Å². The number of carbonyl (C=O) groups is 2. The van der Waals surface area contributed by atoms with Crippen molar-refractivity contribution in [2.45, 2.75) is 26.0 Å². The van der Waals surface area contributed by atoms with Crippen molar-refractivity contribution in [2.24, 2.45) is 0 Å². The van der Waals surface area contributed by atoms with E-state index in [0.29, 0.717) is 34.7 Å². The minimum absolute atomic E-state index is 0.123. The van der Waals surface area contributed by atoms with Gasteiger partial charge in [-0.2, -0.15) is 5.26 Å². The molecule has 152 valence electrons. The lowest BCUT2D eigenvalue weighted by Gasteiger charge is -2.39. The van der Waals surface area contributed by atoms with Gasteiger partial charge in [0.25, 0.3) is 5.91 Å². The summed E-state index contributed by atoms with van der Waals surface area (Å²) in [6.07, 6.45) is -0.578. The van der Waals surface area contributed by atoms with E-state index in [2.05, 4.69) is 11.4 Å². The van der Waals surface area contributed by atoms with E-state index >= 15 is 0 Å². The zero-order valence-electron chi connectivity index (χ0n) is 17.0. The van der Waals surface area contributed by atoms with Gasteiger partial charge in [-0.3, -0.25) is 4.79 Å². The molecule has 0 unspecified atom stereocenters. The number of hydrogen-bond donors (Lipinski definition) is 1. The smallest absolute Gasteiger partial charge is 0.407 e. The zero-order valence-corrected chi connectivity index (χ0v) is 17.0. The first-order chi connectivity index (χ1) is 14.4. The number of amides is 2. The molecule has 7 nitrogen and oxygen atoms in total. The highest BCUT2D eigenvalue weighted by Gasteiger charge is 2.41. The van der Waals surface area contributed by atoms with E-state index in [1.165, 1.54) is 7.11 Å². The number of hydrogen-bond acceptors (Lipinski definition) is 5. The molecule has 7 heteroatoms. The van der Waals surface area contributed by atoms with E-state index in [-0.39, 0.29) is 12.5 Å². The van der Waals surface area contributed by atoms with Gasteiger partial charge in [0.1, 0.15) is 11.4 Å². The molecule has 2 aliphatic rings. The van der Waals surface area contributed by atoms with E-state index in [9.17, 15) is 14.9 Å². The summed E-state index contributed by atoms with van der Waals surface area (Å²) in [4.78, 5) is 26.7. The fraction of sp³-hybridized carbons (Fsp3) is 0.261. The van der Waals surface area contributed by atoms with Crippen molar-refractivity contribution in [1.82, 2.24) is 10.2 Å². The lowest BCUT2D eigenvalue weighted by molar-refractivity contribution is 0.0843. The number of nitrogens with one attached hydrogen (secondary N) is 1. The minimum Gasteiger partial charge on any atom is -0.483 e. The third-order valence-electron chi connectivity index (χ3n) is 5.43. The van der Waals surface area contributed by atoms with Crippen LogP contribution in [0.25, 0.3) is 5.70 Å². The molecule has 4 rings (SSSR count). The molecule has 0 bridgehead atoms. The van der Waals surface area contributed by atoms with Crippen molar-refractivity contribution in [1.29, 1.82) is 5.26 Å². The maximum Gasteiger partial charge on any atom is 0.407 e. The van der Waals surface area contributed by atoms with Crippen LogP contribution in [0.4, 0.5) is 4.79 Å². The summed E-state index contributed by atoms with van der Waals surface area (Å²) in [5.41, 5.74) is 3.25. The van der Waals surface area contributed by atoms with Crippen LogP contribution < -0.4 is 10.1 Å². The number of nitrogens with zero attached hydrogens (tertiary/aromatic N) is 2. The van der Waals surface area contributed by atoms with Crippen LogP contribution in [0, 0.1) is 11.3 Å². The Morgan fingerprint density at radius 1 is 1.27 bits per heavy atom. The first kappa shape index (κ1) is 19.5. The second-order valence-electron chi connectivity index (χ2n) is 7.66. The second-order valence-corrected chi connectivity index (χ2v) is 7.66. The summed E-state index contributed by atoms with van der Waals surface area (Å²) >= 11 is 0. The summed E-state index contributed by atoms with van der Waals surface area (Å²) in [5, 5.41) is 12.1. The molecule has 0 spiro atoms. The molecule has 2 heterocycles. The van der Waals surface area contributed by atoms with Crippen molar-refractivity contribution in [3.63, 3.8) is 0 Å². The third-order valence-corrected chi connectivity index (χ3v) is 5.43. The Hall–Kier alpha value is -3.79. The van der Waals surface area contributed by atoms with Crippen molar-refractivity contribution in [3.8, 4) is 11.8 Å². The molecule has 0 atom stereocenters. The molecule has 1 N–H and O–H groups in total. The molecular weight excluding hydrogens is 382 g/mol. The molecule has 0 aromatic heterocycles. The van der Waals surface area contributed by atoms with Crippen molar-refractivity contribution in [2.75, 3.05) is 13.7 Å². The van der Waals surface area contributed by atoms with Gasteiger partial charge in [-0.25, -0.2) is 4.79 Å². The molecule has 2 aromatic rings. The van der Waals surface area contributed by atoms with E-state index in [0.717, 1.165) is 11.1 Å². The Morgan fingerprint density at radius 2 is 2.03 bits per heavy atom. The third kappa shape index (κ3) is 3.16. The molecule has 0 saturated carbocycles. The first-order valence-electron chi connectivity index (χ1n) is 9.54. The molecule has 0 fully saturated rings. The van der Waals surface area contributed by atoms with Gasteiger partial charge in [-0.1, -0.05) is 18.2 Å². The number of carbonyl (C=O) groups excluding carboxylic acids is 2. The Kier molecular flexibility index (Phi) is 4.70. The van der Waals surface area contributed by atoms with Crippen molar-refractivity contribution in [3.05, 3.63) is 70.3 Å². The van der Waals surface area contributed by atoms with Crippen LogP contribution in [-0.4, -0.2) is 36.2 Å². The Labute approximate surface area is 174 Å². The Morgan fingerprint density at radius 3 is 2.73 bits per heavy atom. The number of fused-ring (bicyclic) bond motifs is 2. The summed E-state index contributed by atoms with van der Waals surface area (Å²) in [6, 6.07) is 14.8. The minimum atomic E-state index is -0.799. The van der Waals surface area contributed by atoms with E-state index in [1.54, 1.807) is 23.1 Å². The zero-order chi connectivity index (χ0) is 21.5. The standard InChI is InChI=1S/C23H21N3O4/c1-23(2)18(12-25-22(28)29-3)20(17-10-14(11-24)8-9-19(17)30-23)26-13-15-6-4-5-7-16(15)21(26)27/h4-10H,12-13H2,1-3H3,(H,25,28). The van der Waals surface area contributed by atoms with Gasteiger partial charge in [0.15, 0.2) is 0 Å². The van der Waals surface area contributed by atoms with Crippen LogP contribution in [0.5, 0.6) is 5.75 Å². The quantitative estimate of drug-likeness (QED) is 0.848. The summed E-state index contributed by atoms with van der Waals surface area (Å²) < 4.78 is 10.9. The highest BCUT2D eigenvalue weighted by atomic mass is 16.5. The van der Waals surface area contributed by atoms with Gasteiger partial charge in [-0.15, -0.1) is 0 Å². The molecule has 2 aliphatic heterocycles. The summed E-state index contributed by atoms with van der Waals surface area (Å²) in [5.74, 6) is 0.460. The van der Waals surface area contributed by atoms with Gasteiger partial charge in [0.05, 0.1) is 31.0 Å². The van der Waals surface area contributed by atoms with Crippen LogP contribution in [0.3, 0.4) is 0 Å². The van der Waals surface area contributed by atoms with Gasteiger partial charge in [-0.05, 0) is 43.7 Å². The molecule has 2 aromatic carbocycles. The second kappa shape index (κ2) is 7.23. The maximum absolute atomic E-state index is 13.3. The normalized spacial score (nSPS) is 16.3. The van der Waals surface area contributed by atoms with Crippen molar-refractivity contribution >= 4 is 17.7 Å². The highest BCUT2D eigenvalue weighted by molar-refractivity contribution is 6.04. The molecule has 0 aliphatic carbocycles. The molecule has 30 heavy (non-hydrogen) atoms. The number of ether oxygens (including phenoxy) is 2. The fourth-order valence-corrected chi connectivity index (χ4v) is 3.93. The number of rotatable bonds is 3. The average molecular weight is 403 g/mol. The lowest BCUT2D eigenvalue weighted by Crippen LogP contribution is -2.43. The van der Waals surface area contributed by atoms with Crippen LogP contribution in [0.2, 0.25) is 0 Å². The van der Waals surface area contributed by atoms with Crippen molar-refractivity contribution < 1.29 is 19.1 Å². The van der Waals surface area contributed by atoms with Crippen LogP contribution in [-0.2, 0) is 11.3 Å². The predicted octanol–water partition coefficient (Wildman–Crippen LogP) is 3.45. The molecule has 0 radical (unpaired) electrons. The Bertz CT molecular complexity index is 1130. The van der Waals surface area contributed by atoms with Crippen LogP contribution in [0.1, 0.15) is 40.9 Å². The number of benzene rings is 2. The highest BCUT2D eigenvalue weighted by Crippen LogP contribution is 2.44. The van der Waals surface area contributed by atoms with Crippen LogP contribution >= 0.6 is 0 Å². The molecular formula is C23H21N3O4. The fourth-order valence-electron chi connectivity index (χ4n) is 3.93. The van der Waals surface area contributed by atoms with E-state index in [4.69, 9.17) is 9.47 Å². The maximum atomic E-state index is 13.3. The van der Waals surface area contributed by atoms with Gasteiger partial charge in [0, 0.05) is 23.2 Å². The monoisotopic (exact) mass is 403 g/mol. The summed E-state index contributed by atoms with van der Waals surface area (Å²) in [7, 11) is 1.29. The first-order valence-corrected chi connectivity index (χ1v) is 9.54. The number of methoxy groups -OCH3 is 1. The average Bonchev–Trinajstić information content (AvgIpc) is 3.07. The molecule has 0 saturated heterocycles. The van der Waals surface area contributed by atoms with Gasteiger partial charge >= 0.3 is 6.09 Å².